The van der Waals surface area contributed by atoms with Crippen LogP contribution in [-0.2, 0) is 4.74 Å². The van der Waals surface area contributed by atoms with Gasteiger partial charge < -0.3 is 10.1 Å². The highest BCUT2D eigenvalue weighted by Crippen LogP contribution is 2.27. The predicted octanol–water partition coefficient (Wildman–Crippen LogP) is 2.73. The number of aryl methyl sites for hydroxylation is 1. The zero-order chi connectivity index (χ0) is 12.4. The average Bonchev–Trinajstić information content (AvgIpc) is 2.72. The predicted molar refractivity (Wildman–Crippen MR) is 68.6 cm³/mol. The highest BCUT2D eigenvalue weighted by Gasteiger charge is 2.27. The molecule has 1 fully saturated rings. The fourth-order valence-electron chi connectivity index (χ4n) is 2.28. The van der Waals surface area contributed by atoms with E-state index in [4.69, 9.17) is 16.3 Å². The minimum Gasteiger partial charge on any atom is -0.379 e. The molecule has 1 saturated carbocycles. The smallest absolute Gasteiger partial charge is 0.137 e. The molecule has 0 saturated heterocycles. The molecule has 0 amide bonds. The standard InChI is InChI=1S/C12H18ClN3O/c1-7-11(13)14-8(2)15-12(7)16-9-5-4-6-10(9)17-3/h9-10H,4-6H2,1-3H3,(H,14,15,16). The fraction of sp³-hybridized carbons (Fsp3) is 0.667. The largest absolute Gasteiger partial charge is 0.379 e. The monoisotopic (exact) mass is 255 g/mol. The first-order chi connectivity index (χ1) is 8.11. The summed E-state index contributed by atoms with van der Waals surface area (Å²) in [6, 6.07) is 0.323. The molecule has 1 aliphatic carbocycles. The van der Waals surface area contributed by atoms with E-state index in [-0.39, 0.29) is 6.10 Å². The summed E-state index contributed by atoms with van der Waals surface area (Å²) < 4.78 is 5.46. The minimum absolute atomic E-state index is 0.267. The van der Waals surface area contributed by atoms with Gasteiger partial charge >= 0.3 is 0 Å². The van der Waals surface area contributed by atoms with Gasteiger partial charge in [-0.2, -0.15) is 0 Å². The summed E-state index contributed by atoms with van der Waals surface area (Å²) in [5.41, 5.74) is 0.902. The van der Waals surface area contributed by atoms with Crippen LogP contribution in [0, 0.1) is 13.8 Å². The number of anilines is 1. The normalized spacial score (nSPS) is 24.0. The van der Waals surface area contributed by atoms with Crippen molar-refractivity contribution < 1.29 is 4.74 Å². The van der Waals surface area contributed by atoms with E-state index in [1.807, 2.05) is 13.8 Å². The van der Waals surface area contributed by atoms with Gasteiger partial charge in [-0.15, -0.1) is 0 Å². The second-order valence-electron chi connectivity index (χ2n) is 4.49. The van der Waals surface area contributed by atoms with Crippen molar-refractivity contribution in [1.29, 1.82) is 0 Å². The SMILES string of the molecule is COC1CCCC1Nc1nc(C)nc(Cl)c1C. The second-order valence-corrected chi connectivity index (χ2v) is 4.85. The molecule has 1 aromatic rings. The van der Waals surface area contributed by atoms with E-state index < -0.39 is 0 Å². The molecule has 0 aliphatic heterocycles. The summed E-state index contributed by atoms with van der Waals surface area (Å²) in [7, 11) is 1.76. The molecule has 4 nitrogen and oxygen atoms in total. The Balaban J connectivity index is 2.18. The minimum atomic E-state index is 0.267. The van der Waals surface area contributed by atoms with Crippen LogP contribution in [0.3, 0.4) is 0 Å². The average molecular weight is 256 g/mol. The Kier molecular flexibility index (Phi) is 3.84. The Morgan fingerprint density at radius 2 is 2.06 bits per heavy atom. The summed E-state index contributed by atoms with van der Waals surface area (Å²) in [5.74, 6) is 1.52. The van der Waals surface area contributed by atoms with Crippen LogP contribution in [-0.4, -0.2) is 29.2 Å². The van der Waals surface area contributed by atoms with Crippen molar-refractivity contribution in [3.63, 3.8) is 0 Å². The number of nitrogens with zero attached hydrogens (tertiary/aromatic N) is 2. The van der Waals surface area contributed by atoms with Crippen LogP contribution in [0.2, 0.25) is 5.15 Å². The van der Waals surface area contributed by atoms with Gasteiger partial charge in [0, 0.05) is 12.7 Å². The van der Waals surface area contributed by atoms with Gasteiger partial charge in [0.15, 0.2) is 0 Å². The van der Waals surface area contributed by atoms with Crippen molar-refractivity contribution in [3.05, 3.63) is 16.5 Å². The third-order valence-corrected chi connectivity index (χ3v) is 3.64. The molecule has 1 N–H and O–H groups in total. The van der Waals surface area contributed by atoms with Crippen molar-refractivity contribution in [3.8, 4) is 0 Å². The van der Waals surface area contributed by atoms with E-state index in [9.17, 15) is 0 Å². The molecule has 0 radical (unpaired) electrons. The van der Waals surface area contributed by atoms with E-state index in [0.717, 1.165) is 24.2 Å². The molecule has 1 heterocycles. The molecule has 1 aliphatic rings. The van der Waals surface area contributed by atoms with Gasteiger partial charge in [-0.05, 0) is 33.1 Å². The molecule has 2 unspecified atom stereocenters. The van der Waals surface area contributed by atoms with Crippen LogP contribution in [0.4, 0.5) is 5.82 Å². The van der Waals surface area contributed by atoms with Crippen LogP contribution >= 0.6 is 11.6 Å². The molecule has 17 heavy (non-hydrogen) atoms. The second kappa shape index (κ2) is 5.19. The lowest BCUT2D eigenvalue weighted by molar-refractivity contribution is 0.101. The van der Waals surface area contributed by atoms with Crippen molar-refractivity contribution in [2.75, 3.05) is 12.4 Å². The quantitative estimate of drug-likeness (QED) is 0.844. The maximum absolute atomic E-state index is 6.05. The van der Waals surface area contributed by atoms with Gasteiger partial charge in [0.2, 0.25) is 0 Å². The lowest BCUT2D eigenvalue weighted by Crippen LogP contribution is -2.30. The Morgan fingerprint density at radius 1 is 1.29 bits per heavy atom. The topological polar surface area (TPSA) is 47.0 Å². The Labute approximate surface area is 107 Å². The zero-order valence-electron chi connectivity index (χ0n) is 10.5. The number of aromatic nitrogens is 2. The summed E-state index contributed by atoms with van der Waals surface area (Å²) >= 11 is 6.05. The molecular weight excluding hydrogens is 238 g/mol. The van der Waals surface area contributed by atoms with Gasteiger partial charge in [0.05, 0.1) is 12.1 Å². The van der Waals surface area contributed by atoms with E-state index >= 15 is 0 Å². The van der Waals surface area contributed by atoms with E-state index in [1.165, 1.54) is 6.42 Å². The van der Waals surface area contributed by atoms with E-state index in [1.54, 1.807) is 7.11 Å². The summed E-state index contributed by atoms with van der Waals surface area (Å²) in [5, 5.41) is 3.95. The first-order valence-electron chi connectivity index (χ1n) is 5.92. The third-order valence-electron chi connectivity index (χ3n) is 3.28. The lowest BCUT2D eigenvalue weighted by Gasteiger charge is -2.21. The fourth-order valence-corrected chi connectivity index (χ4v) is 2.50. The molecule has 1 aromatic heterocycles. The van der Waals surface area contributed by atoms with Crippen LogP contribution in [0.5, 0.6) is 0 Å². The molecule has 2 rings (SSSR count). The van der Waals surface area contributed by atoms with Gasteiger partial charge in [-0.25, -0.2) is 9.97 Å². The van der Waals surface area contributed by atoms with Crippen molar-refractivity contribution in [2.24, 2.45) is 0 Å². The van der Waals surface area contributed by atoms with Gasteiger partial charge in [-0.3, -0.25) is 0 Å². The Morgan fingerprint density at radius 3 is 2.76 bits per heavy atom. The number of ether oxygens (including phenoxy) is 1. The molecule has 0 bridgehead atoms. The molecular formula is C12H18ClN3O. The van der Waals surface area contributed by atoms with E-state index in [2.05, 4.69) is 15.3 Å². The zero-order valence-corrected chi connectivity index (χ0v) is 11.2. The summed E-state index contributed by atoms with van der Waals surface area (Å²) in [4.78, 5) is 8.53. The van der Waals surface area contributed by atoms with Crippen molar-refractivity contribution in [1.82, 2.24) is 9.97 Å². The number of hydrogen-bond acceptors (Lipinski definition) is 4. The molecule has 94 valence electrons. The van der Waals surface area contributed by atoms with Gasteiger partial charge in [0.1, 0.15) is 16.8 Å². The maximum Gasteiger partial charge on any atom is 0.137 e. The number of methoxy groups -OCH3 is 1. The summed E-state index contributed by atoms with van der Waals surface area (Å²) in [6.45, 7) is 3.78. The number of hydrogen-bond donors (Lipinski definition) is 1. The third kappa shape index (κ3) is 2.69. The maximum atomic E-state index is 6.05. The lowest BCUT2D eigenvalue weighted by atomic mass is 10.2. The van der Waals surface area contributed by atoms with Crippen molar-refractivity contribution in [2.45, 2.75) is 45.3 Å². The van der Waals surface area contributed by atoms with Crippen LogP contribution < -0.4 is 5.32 Å². The number of halogens is 1. The van der Waals surface area contributed by atoms with E-state index in [0.29, 0.717) is 17.0 Å². The molecule has 0 spiro atoms. The van der Waals surface area contributed by atoms with Crippen LogP contribution in [0.15, 0.2) is 0 Å². The number of nitrogens with one attached hydrogen (secondary N) is 1. The summed E-state index contributed by atoms with van der Waals surface area (Å²) in [6.07, 6.45) is 3.67. The number of rotatable bonds is 3. The molecule has 5 heteroatoms. The first-order valence-corrected chi connectivity index (χ1v) is 6.29. The Hall–Kier alpha value is -0.870. The van der Waals surface area contributed by atoms with Gasteiger partial charge in [0.25, 0.3) is 0 Å². The highest BCUT2D eigenvalue weighted by atomic mass is 35.5. The Bertz CT molecular complexity index is 411. The van der Waals surface area contributed by atoms with Gasteiger partial charge in [-0.1, -0.05) is 11.6 Å². The first kappa shape index (κ1) is 12.6. The highest BCUT2D eigenvalue weighted by molar-refractivity contribution is 6.30. The molecule has 2 atom stereocenters. The van der Waals surface area contributed by atoms with Crippen molar-refractivity contribution >= 4 is 17.4 Å². The molecule has 0 aromatic carbocycles. The van der Waals surface area contributed by atoms with Crippen LogP contribution in [0.1, 0.15) is 30.7 Å². The van der Waals surface area contributed by atoms with Crippen LogP contribution in [0.25, 0.3) is 0 Å².